The number of aromatic amines is 1. The number of ether oxygens (including phenoxy) is 1. The van der Waals surface area contributed by atoms with Crippen molar-refractivity contribution in [3.8, 4) is 0 Å². The lowest BCUT2D eigenvalue weighted by atomic mass is 10.1. The van der Waals surface area contributed by atoms with Gasteiger partial charge in [-0.05, 0) is 10.6 Å². The van der Waals surface area contributed by atoms with E-state index in [4.69, 9.17) is 21.1 Å². The van der Waals surface area contributed by atoms with E-state index in [2.05, 4.69) is 25.0 Å². The lowest BCUT2D eigenvalue weighted by molar-refractivity contribution is -0.0502. The third-order valence-corrected chi connectivity index (χ3v) is 3.46. The van der Waals surface area contributed by atoms with E-state index < -0.39 is 36.7 Å². The SMILES string of the molecule is [N-]=[N+]=Nc1nc2c(=O)[nH]c(N)nc2n1[C@@H]1O[C@H](CO)[C@H](O)[C@H]1O. The van der Waals surface area contributed by atoms with Gasteiger partial charge in [-0.15, -0.1) is 0 Å². The number of hydrogen-bond donors (Lipinski definition) is 5. The highest BCUT2D eigenvalue weighted by Gasteiger charge is 2.44. The van der Waals surface area contributed by atoms with Crippen LogP contribution < -0.4 is 11.3 Å². The Morgan fingerprint density at radius 3 is 2.78 bits per heavy atom. The number of rotatable bonds is 3. The molecule has 6 N–H and O–H groups in total. The van der Waals surface area contributed by atoms with Crippen molar-refractivity contribution in [1.82, 2.24) is 19.5 Å². The fourth-order valence-electron chi connectivity index (χ4n) is 2.43. The number of nitrogens with one attached hydrogen (secondary N) is 1. The van der Waals surface area contributed by atoms with Crippen LogP contribution in [0.3, 0.4) is 0 Å². The normalized spacial score (nSPS) is 27.3. The van der Waals surface area contributed by atoms with Crippen molar-refractivity contribution < 1.29 is 20.1 Å². The molecule has 1 aliphatic rings. The van der Waals surface area contributed by atoms with E-state index in [-0.39, 0.29) is 23.1 Å². The van der Waals surface area contributed by atoms with Crippen molar-refractivity contribution in [2.24, 2.45) is 5.11 Å². The summed E-state index contributed by atoms with van der Waals surface area (Å²) in [5, 5.41) is 32.4. The molecule has 0 unspecified atom stereocenters. The Balaban J connectivity index is 2.25. The van der Waals surface area contributed by atoms with Gasteiger partial charge in [0.2, 0.25) is 11.9 Å². The molecule has 122 valence electrons. The molecule has 4 atom stereocenters. The number of nitrogens with zero attached hydrogens (tertiary/aromatic N) is 6. The van der Waals surface area contributed by atoms with Crippen LogP contribution in [-0.2, 0) is 4.74 Å². The quantitative estimate of drug-likeness (QED) is 0.248. The summed E-state index contributed by atoms with van der Waals surface area (Å²) in [6.07, 6.45) is -5.20. The number of nitrogens with two attached hydrogens (primary N) is 1. The van der Waals surface area contributed by atoms with Crippen LogP contribution >= 0.6 is 0 Å². The number of fused-ring (bicyclic) bond motifs is 1. The number of hydrogen-bond acceptors (Lipinski definition) is 9. The molecule has 0 saturated carbocycles. The summed E-state index contributed by atoms with van der Waals surface area (Å²) >= 11 is 0. The smallest absolute Gasteiger partial charge is 0.280 e. The first kappa shape index (κ1) is 15.2. The standard InChI is InChI=1S/C10H12N8O5/c11-9-14-6-3(7(22)15-9)13-10(16-17-12)18(6)8-5(21)4(20)2(1-19)23-8/h2,4-5,8,19-21H,1H2,(H3,11,14,15,22)/t2-,4+,5-,8-/m1/s1. The van der Waals surface area contributed by atoms with Crippen LogP contribution in [0.1, 0.15) is 6.23 Å². The van der Waals surface area contributed by atoms with E-state index >= 15 is 0 Å². The zero-order valence-corrected chi connectivity index (χ0v) is 11.4. The molecule has 13 heteroatoms. The Morgan fingerprint density at radius 1 is 1.43 bits per heavy atom. The number of anilines is 1. The summed E-state index contributed by atoms with van der Waals surface area (Å²) < 4.78 is 6.40. The molecule has 0 aromatic carbocycles. The number of H-pyrrole nitrogens is 1. The Kier molecular flexibility index (Phi) is 3.63. The average molecular weight is 324 g/mol. The van der Waals surface area contributed by atoms with E-state index in [1.54, 1.807) is 0 Å². The van der Waals surface area contributed by atoms with Gasteiger partial charge >= 0.3 is 0 Å². The van der Waals surface area contributed by atoms with Crippen molar-refractivity contribution in [2.75, 3.05) is 12.3 Å². The molecule has 0 aliphatic carbocycles. The second-order valence-electron chi connectivity index (χ2n) is 4.82. The van der Waals surface area contributed by atoms with Crippen LogP contribution in [0.4, 0.5) is 11.9 Å². The van der Waals surface area contributed by atoms with Gasteiger partial charge in [0.15, 0.2) is 17.4 Å². The summed E-state index contributed by atoms with van der Waals surface area (Å²) in [7, 11) is 0. The lowest BCUT2D eigenvalue weighted by Gasteiger charge is -2.17. The predicted octanol–water partition coefficient (Wildman–Crippen LogP) is -1.74. The molecule has 2 aromatic heterocycles. The molecule has 2 aromatic rings. The van der Waals surface area contributed by atoms with Gasteiger partial charge in [-0.25, -0.2) is 4.98 Å². The van der Waals surface area contributed by atoms with Gasteiger partial charge in [-0.3, -0.25) is 14.3 Å². The Bertz CT molecular complexity index is 855. The molecule has 3 rings (SSSR count). The second kappa shape index (κ2) is 5.49. The first-order valence-corrected chi connectivity index (χ1v) is 6.43. The molecule has 1 aliphatic heterocycles. The van der Waals surface area contributed by atoms with Gasteiger partial charge in [0, 0.05) is 4.91 Å². The molecule has 1 fully saturated rings. The largest absolute Gasteiger partial charge is 0.394 e. The number of azide groups is 1. The maximum absolute atomic E-state index is 11.9. The maximum Gasteiger partial charge on any atom is 0.280 e. The molecule has 23 heavy (non-hydrogen) atoms. The number of nitrogen functional groups attached to an aromatic ring is 1. The van der Waals surface area contributed by atoms with Gasteiger partial charge in [-0.2, -0.15) is 4.98 Å². The van der Waals surface area contributed by atoms with Crippen molar-refractivity contribution >= 4 is 23.1 Å². The van der Waals surface area contributed by atoms with Crippen molar-refractivity contribution in [2.45, 2.75) is 24.5 Å². The van der Waals surface area contributed by atoms with Gasteiger partial charge in [0.25, 0.3) is 5.56 Å². The van der Waals surface area contributed by atoms with Crippen molar-refractivity contribution in [1.29, 1.82) is 0 Å². The highest BCUT2D eigenvalue weighted by atomic mass is 16.6. The summed E-state index contributed by atoms with van der Waals surface area (Å²) in [6, 6.07) is 0. The average Bonchev–Trinajstić information content (AvgIpc) is 2.99. The number of imidazole rings is 1. The van der Waals surface area contributed by atoms with Gasteiger partial charge in [0.05, 0.1) is 6.61 Å². The zero-order chi connectivity index (χ0) is 16.7. The molecular weight excluding hydrogens is 312 g/mol. The third kappa shape index (κ3) is 2.28. The van der Waals surface area contributed by atoms with Gasteiger partial charge < -0.3 is 25.8 Å². The fraction of sp³-hybridized carbons (Fsp3) is 0.500. The molecule has 0 amide bonds. The Morgan fingerprint density at radius 2 is 2.17 bits per heavy atom. The van der Waals surface area contributed by atoms with Gasteiger partial charge in [-0.1, -0.05) is 0 Å². The predicted molar refractivity (Wildman–Crippen MR) is 74.4 cm³/mol. The molecular formula is C10H12N8O5. The van der Waals surface area contributed by atoms with Crippen molar-refractivity contribution in [3.63, 3.8) is 0 Å². The Labute approximate surface area is 126 Å². The van der Waals surface area contributed by atoms with E-state index in [0.29, 0.717) is 0 Å². The molecule has 13 nitrogen and oxygen atoms in total. The highest BCUT2D eigenvalue weighted by molar-refractivity contribution is 5.74. The maximum atomic E-state index is 11.9. The number of aliphatic hydroxyl groups excluding tert-OH is 3. The molecule has 0 bridgehead atoms. The van der Waals surface area contributed by atoms with E-state index in [0.717, 1.165) is 4.57 Å². The van der Waals surface area contributed by atoms with E-state index in [1.165, 1.54) is 0 Å². The summed E-state index contributed by atoms with van der Waals surface area (Å²) in [5.41, 5.74) is 13.2. The fourth-order valence-corrected chi connectivity index (χ4v) is 2.43. The summed E-state index contributed by atoms with van der Waals surface area (Å²) in [4.78, 5) is 24.4. The first-order chi connectivity index (χ1) is 11.0. The van der Waals surface area contributed by atoms with Crippen LogP contribution in [0, 0.1) is 0 Å². The van der Waals surface area contributed by atoms with Crippen LogP contribution in [0.2, 0.25) is 0 Å². The number of aliphatic hydroxyl groups is 3. The summed E-state index contributed by atoms with van der Waals surface area (Å²) in [6.45, 7) is -0.547. The summed E-state index contributed by atoms with van der Waals surface area (Å²) in [5.74, 6) is -0.524. The van der Waals surface area contributed by atoms with Crippen LogP contribution in [0.5, 0.6) is 0 Å². The Hall–Kier alpha value is -2.70. The first-order valence-electron chi connectivity index (χ1n) is 6.43. The highest BCUT2D eigenvalue weighted by Crippen LogP contribution is 2.34. The van der Waals surface area contributed by atoms with Crippen LogP contribution in [0.25, 0.3) is 21.6 Å². The van der Waals surface area contributed by atoms with Crippen LogP contribution in [-0.4, -0.2) is 59.8 Å². The van der Waals surface area contributed by atoms with E-state index in [1.807, 2.05) is 0 Å². The molecule has 3 heterocycles. The number of aromatic nitrogens is 4. The van der Waals surface area contributed by atoms with Crippen molar-refractivity contribution in [3.05, 3.63) is 20.8 Å². The monoisotopic (exact) mass is 324 g/mol. The molecule has 1 saturated heterocycles. The minimum absolute atomic E-state index is 0.0940. The second-order valence-corrected chi connectivity index (χ2v) is 4.82. The molecule has 0 spiro atoms. The van der Waals surface area contributed by atoms with Gasteiger partial charge in [0.1, 0.15) is 18.3 Å². The van der Waals surface area contributed by atoms with Crippen LogP contribution in [0.15, 0.2) is 9.91 Å². The third-order valence-electron chi connectivity index (χ3n) is 3.46. The zero-order valence-electron chi connectivity index (χ0n) is 11.4. The lowest BCUT2D eigenvalue weighted by Crippen LogP contribution is -2.33. The minimum atomic E-state index is -1.47. The van der Waals surface area contributed by atoms with E-state index in [9.17, 15) is 15.0 Å². The topological polar surface area (TPSA) is 208 Å². The molecule has 0 radical (unpaired) electrons. The minimum Gasteiger partial charge on any atom is -0.394 e.